The minimum absolute atomic E-state index is 0.763. The van der Waals surface area contributed by atoms with Crippen molar-refractivity contribution >= 4 is 10.9 Å². The lowest BCUT2D eigenvalue weighted by Crippen LogP contribution is -2.18. The molecular weight excluding hydrogens is 224 g/mol. The fourth-order valence-corrected chi connectivity index (χ4v) is 2.64. The number of fused-ring (bicyclic) bond motifs is 1. The van der Waals surface area contributed by atoms with Gasteiger partial charge in [0.1, 0.15) is 0 Å². The lowest BCUT2D eigenvalue weighted by molar-refractivity contribution is 0.184. The average molecular weight is 244 g/mol. The van der Waals surface area contributed by atoms with Crippen LogP contribution in [0.15, 0.2) is 30.5 Å². The van der Waals surface area contributed by atoms with Gasteiger partial charge in [-0.25, -0.2) is 0 Å². The van der Waals surface area contributed by atoms with Gasteiger partial charge in [0.2, 0.25) is 0 Å². The molecule has 0 saturated carbocycles. The van der Waals surface area contributed by atoms with E-state index >= 15 is 0 Å². The molecular formula is C15H20N2O. The quantitative estimate of drug-likeness (QED) is 0.793. The summed E-state index contributed by atoms with van der Waals surface area (Å²) in [5.41, 5.74) is 2.61. The van der Waals surface area contributed by atoms with Crippen LogP contribution < -0.4 is 5.32 Å². The molecule has 0 spiro atoms. The number of para-hydroxylation sites is 1. The van der Waals surface area contributed by atoms with Crippen LogP contribution in [0, 0.1) is 5.92 Å². The normalized spacial score (nSPS) is 19.7. The number of hydrogen-bond donors (Lipinski definition) is 2. The number of H-pyrrole nitrogens is 1. The molecule has 1 aliphatic heterocycles. The Kier molecular flexibility index (Phi) is 3.62. The van der Waals surface area contributed by atoms with Crippen molar-refractivity contribution in [1.82, 2.24) is 10.3 Å². The summed E-state index contributed by atoms with van der Waals surface area (Å²) < 4.78 is 5.39. The molecule has 0 bridgehead atoms. The molecule has 96 valence electrons. The Bertz CT molecular complexity index is 500. The number of aromatic amines is 1. The first-order valence-electron chi connectivity index (χ1n) is 6.77. The standard InChI is InChI=1S/C15H20N2O/c1-2-13-5-8-17-15(13)14(3-1)10-16-7-4-12-6-9-18-11-12/h1-3,5,8,12,16-17H,4,6-7,9-11H2. The van der Waals surface area contributed by atoms with E-state index in [0.29, 0.717) is 0 Å². The molecule has 1 aromatic heterocycles. The van der Waals surface area contributed by atoms with Gasteiger partial charge in [-0.2, -0.15) is 0 Å². The third-order valence-corrected chi connectivity index (χ3v) is 3.74. The highest BCUT2D eigenvalue weighted by Crippen LogP contribution is 2.17. The molecule has 1 saturated heterocycles. The third kappa shape index (κ3) is 2.57. The van der Waals surface area contributed by atoms with Crippen molar-refractivity contribution in [3.63, 3.8) is 0 Å². The molecule has 1 fully saturated rings. The molecule has 3 nitrogen and oxygen atoms in total. The van der Waals surface area contributed by atoms with Gasteiger partial charge in [-0.05, 0) is 42.3 Å². The predicted molar refractivity (Wildman–Crippen MR) is 73.5 cm³/mol. The lowest BCUT2D eigenvalue weighted by atomic mass is 10.1. The Morgan fingerprint density at radius 3 is 3.22 bits per heavy atom. The SMILES string of the molecule is c1cc(CNCCC2CCOC2)c2[nH]ccc2c1. The first-order valence-corrected chi connectivity index (χ1v) is 6.77. The molecule has 2 N–H and O–H groups in total. The van der Waals surface area contributed by atoms with Crippen molar-refractivity contribution in [1.29, 1.82) is 0 Å². The second-order valence-corrected chi connectivity index (χ2v) is 5.05. The van der Waals surface area contributed by atoms with Gasteiger partial charge in [0.25, 0.3) is 0 Å². The van der Waals surface area contributed by atoms with E-state index in [0.717, 1.165) is 32.2 Å². The van der Waals surface area contributed by atoms with Crippen LogP contribution in [0.1, 0.15) is 18.4 Å². The van der Waals surface area contributed by atoms with Crippen molar-refractivity contribution in [3.05, 3.63) is 36.0 Å². The molecule has 3 rings (SSSR count). The number of benzene rings is 1. The van der Waals surface area contributed by atoms with Crippen molar-refractivity contribution < 1.29 is 4.74 Å². The molecule has 2 heterocycles. The maximum absolute atomic E-state index is 5.39. The van der Waals surface area contributed by atoms with Gasteiger partial charge in [-0.3, -0.25) is 0 Å². The van der Waals surface area contributed by atoms with Gasteiger partial charge >= 0.3 is 0 Å². The van der Waals surface area contributed by atoms with Gasteiger partial charge in [-0.1, -0.05) is 18.2 Å². The Labute approximate surface area is 108 Å². The zero-order valence-electron chi connectivity index (χ0n) is 10.6. The van der Waals surface area contributed by atoms with Crippen LogP contribution in [0.5, 0.6) is 0 Å². The van der Waals surface area contributed by atoms with Crippen LogP contribution in [0.4, 0.5) is 0 Å². The van der Waals surface area contributed by atoms with Gasteiger partial charge in [0.15, 0.2) is 0 Å². The van der Waals surface area contributed by atoms with Crippen LogP contribution >= 0.6 is 0 Å². The highest BCUT2D eigenvalue weighted by Gasteiger charge is 2.14. The molecule has 1 unspecified atom stereocenters. The van der Waals surface area contributed by atoms with Crippen molar-refractivity contribution in [2.75, 3.05) is 19.8 Å². The van der Waals surface area contributed by atoms with E-state index in [9.17, 15) is 0 Å². The van der Waals surface area contributed by atoms with Gasteiger partial charge < -0.3 is 15.0 Å². The molecule has 2 aromatic rings. The molecule has 0 radical (unpaired) electrons. The summed E-state index contributed by atoms with van der Waals surface area (Å²) in [6.45, 7) is 3.91. The highest BCUT2D eigenvalue weighted by atomic mass is 16.5. The number of rotatable bonds is 5. The van der Waals surface area contributed by atoms with E-state index in [4.69, 9.17) is 4.74 Å². The van der Waals surface area contributed by atoms with Crippen LogP contribution in [-0.2, 0) is 11.3 Å². The van der Waals surface area contributed by atoms with E-state index in [-0.39, 0.29) is 0 Å². The average Bonchev–Trinajstić information content (AvgIpc) is 3.05. The second kappa shape index (κ2) is 5.55. The summed E-state index contributed by atoms with van der Waals surface area (Å²) in [5.74, 6) is 0.763. The van der Waals surface area contributed by atoms with Crippen molar-refractivity contribution in [2.45, 2.75) is 19.4 Å². The fourth-order valence-electron chi connectivity index (χ4n) is 2.64. The Morgan fingerprint density at radius 1 is 1.33 bits per heavy atom. The predicted octanol–water partition coefficient (Wildman–Crippen LogP) is 2.68. The Balaban J connectivity index is 1.51. The van der Waals surface area contributed by atoms with Gasteiger partial charge in [-0.15, -0.1) is 0 Å². The first-order chi connectivity index (χ1) is 8.93. The largest absolute Gasteiger partial charge is 0.381 e. The smallest absolute Gasteiger partial charge is 0.0499 e. The Morgan fingerprint density at radius 2 is 2.33 bits per heavy atom. The minimum Gasteiger partial charge on any atom is -0.381 e. The summed E-state index contributed by atoms with van der Waals surface area (Å²) >= 11 is 0. The van der Waals surface area contributed by atoms with E-state index in [1.165, 1.54) is 29.3 Å². The van der Waals surface area contributed by atoms with Crippen molar-refractivity contribution in [3.8, 4) is 0 Å². The molecule has 1 aromatic carbocycles. The minimum atomic E-state index is 0.763. The van der Waals surface area contributed by atoms with E-state index in [1.807, 2.05) is 6.20 Å². The third-order valence-electron chi connectivity index (χ3n) is 3.74. The zero-order valence-corrected chi connectivity index (χ0v) is 10.6. The number of ether oxygens (including phenoxy) is 1. The summed E-state index contributed by atoms with van der Waals surface area (Å²) in [5, 5.41) is 4.83. The van der Waals surface area contributed by atoms with Gasteiger partial charge in [0, 0.05) is 31.5 Å². The second-order valence-electron chi connectivity index (χ2n) is 5.05. The molecule has 1 aliphatic rings. The van der Waals surface area contributed by atoms with E-state index in [1.54, 1.807) is 0 Å². The Hall–Kier alpha value is -1.32. The van der Waals surface area contributed by atoms with Crippen molar-refractivity contribution in [2.24, 2.45) is 5.92 Å². The lowest BCUT2D eigenvalue weighted by Gasteiger charge is -2.09. The summed E-state index contributed by atoms with van der Waals surface area (Å²) in [6.07, 6.45) is 4.46. The molecule has 1 atom stereocenters. The molecule has 3 heteroatoms. The fraction of sp³-hybridized carbons (Fsp3) is 0.467. The topological polar surface area (TPSA) is 37.0 Å². The monoisotopic (exact) mass is 244 g/mol. The highest BCUT2D eigenvalue weighted by molar-refractivity contribution is 5.82. The number of hydrogen-bond acceptors (Lipinski definition) is 2. The van der Waals surface area contributed by atoms with Crippen LogP contribution in [-0.4, -0.2) is 24.7 Å². The summed E-state index contributed by atoms with van der Waals surface area (Å²) in [4.78, 5) is 3.31. The number of aromatic nitrogens is 1. The van der Waals surface area contributed by atoms with Crippen LogP contribution in [0.2, 0.25) is 0 Å². The molecule has 0 aliphatic carbocycles. The maximum atomic E-state index is 5.39. The maximum Gasteiger partial charge on any atom is 0.0499 e. The summed E-state index contributed by atoms with van der Waals surface area (Å²) in [7, 11) is 0. The molecule has 18 heavy (non-hydrogen) atoms. The van der Waals surface area contributed by atoms with E-state index < -0.39 is 0 Å². The summed E-state index contributed by atoms with van der Waals surface area (Å²) in [6, 6.07) is 8.57. The molecule has 0 amide bonds. The first kappa shape index (κ1) is 11.8. The van der Waals surface area contributed by atoms with Gasteiger partial charge in [0.05, 0.1) is 0 Å². The number of nitrogens with one attached hydrogen (secondary N) is 2. The van der Waals surface area contributed by atoms with E-state index in [2.05, 4.69) is 34.6 Å². The van der Waals surface area contributed by atoms with Crippen LogP contribution in [0.25, 0.3) is 10.9 Å². The van der Waals surface area contributed by atoms with Crippen LogP contribution in [0.3, 0.4) is 0 Å². The zero-order chi connectivity index (χ0) is 12.2.